The first-order valence-corrected chi connectivity index (χ1v) is 7.39. The largest absolute Gasteiger partial charge is 0.344 e. The summed E-state index contributed by atoms with van der Waals surface area (Å²) >= 11 is 0. The summed E-state index contributed by atoms with van der Waals surface area (Å²) in [6, 6.07) is 20.6. The maximum absolute atomic E-state index is 4.00. The van der Waals surface area contributed by atoms with Crippen LogP contribution in [0.3, 0.4) is 0 Å². The lowest BCUT2D eigenvalue weighted by molar-refractivity contribution is 1.23. The summed E-state index contributed by atoms with van der Waals surface area (Å²) in [5.41, 5.74) is 2.60. The highest BCUT2D eigenvalue weighted by atomic mass is 15.0. The molecule has 2 aromatic carbocycles. The third kappa shape index (κ3) is 20.0. The van der Waals surface area contributed by atoms with Crippen molar-refractivity contribution in [2.45, 2.75) is 34.1 Å². The Morgan fingerprint density at radius 3 is 1.48 bits per heavy atom. The molecule has 23 heavy (non-hydrogen) atoms. The van der Waals surface area contributed by atoms with Gasteiger partial charge < -0.3 is 12.3 Å². The summed E-state index contributed by atoms with van der Waals surface area (Å²) in [5.74, 6) is 8.00. The minimum absolute atomic E-state index is 0. The number of nitrogens with two attached hydrogens (primary N) is 2. The number of hydrazine groups is 1. The molecule has 0 fully saturated rings. The Bertz CT molecular complexity index is 428. The van der Waals surface area contributed by atoms with Gasteiger partial charge in [-0.15, -0.1) is 0 Å². The third-order valence-electron chi connectivity index (χ3n) is 2.29. The van der Waals surface area contributed by atoms with Crippen molar-refractivity contribution < 1.29 is 0 Å². The van der Waals surface area contributed by atoms with Gasteiger partial charge in [0.05, 0.1) is 0 Å². The molecule has 0 radical (unpaired) electrons. The zero-order valence-corrected chi connectivity index (χ0v) is 15.2. The maximum Gasteiger partial charge on any atom is -0.0260 e. The Hall–Kier alpha value is -1.98. The van der Waals surface area contributed by atoms with E-state index in [0.717, 1.165) is 6.42 Å². The summed E-state index contributed by atoms with van der Waals surface area (Å²) in [5, 5.41) is 0. The molecule has 10 N–H and O–H groups in total. The molecule has 2 rings (SSSR count). The lowest BCUT2D eigenvalue weighted by atomic mass is 10.2. The predicted octanol–water partition coefficient (Wildman–Crippen LogP) is 5.27. The van der Waals surface area contributed by atoms with E-state index in [0.29, 0.717) is 0 Å². The molecule has 4 heteroatoms. The number of hydrogen-bond acceptors (Lipinski definition) is 4. The van der Waals surface area contributed by atoms with Crippen molar-refractivity contribution in [3.05, 3.63) is 77.9 Å². The van der Waals surface area contributed by atoms with E-state index in [-0.39, 0.29) is 12.3 Å². The van der Waals surface area contributed by atoms with Crippen LogP contribution in [0.4, 0.5) is 0 Å². The molecule has 0 heterocycles. The first-order chi connectivity index (χ1) is 10.3. The predicted molar refractivity (Wildman–Crippen MR) is 107 cm³/mol. The van der Waals surface area contributed by atoms with Crippen molar-refractivity contribution in [2.75, 3.05) is 0 Å². The third-order valence-corrected chi connectivity index (χ3v) is 2.29. The number of hydrogen-bond donors (Lipinski definition) is 4. The fourth-order valence-corrected chi connectivity index (χ4v) is 1.35. The fourth-order valence-electron chi connectivity index (χ4n) is 1.35. The molecule has 0 spiro atoms. The summed E-state index contributed by atoms with van der Waals surface area (Å²) in [6.45, 7) is 8.22. The summed E-state index contributed by atoms with van der Waals surface area (Å²) < 4.78 is 0. The van der Waals surface area contributed by atoms with E-state index in [1.54, 1.807) is 0 Å². The topological polar surface area (TPSA) is 122 Å². The minimum Gasteiger partial charge on any atom is -0.344 e. The van der Waals surface area contributed by atoms with Crippen LogP contribution in [0.1, 0.15) is 38.3 Å². The molecule has 0 amide bonds. The first kappa shape index (κ1) is 29.1. The van der Waals surface area contributed by atoms with E-state index in [1.807, 2.05) is 38.1 Å². The average molecular weight is 321 g/mol. The van der Waals surface area contributed by atoms with Crippen molar-refractivity contribution in [1.82, 2.24) is 12.3 Å². The molecule has 132 valence electrons. The van der Waals surface area contributed by atoms with Crippen molar-refractivity contribution in [3.63, 3.8) is 0 Å². The fraction of sp³-hybridized carbons (Fsp3) is 0.263. The Balaban J connectivity index is -0.000000124. The van der Waals surface area contributed by atoms with E-state index in [9.17, 15) is 0 Å². The second-order valence-electron chi connectivity index (χ2n) is 3.88. The highest BCUT2D eigenvalue weighted by Gasteiger charge is 1.79. The Labute approximate surface area is 142 Å². The molecule has 4 nitrogen and oxygen atoms in total. The minimum atomic E-state index is 0. The van der Waals surface area contributed by atoms with Crippen LogP contribution in [0.2, 0.25) is 0 Å². The van der Waals surface area contributed by atoms with Gasteiger partial charge in [-0.25, -0.2) is 0 Å². The maximum atomic E-state index is 4.00. The van der Waals surface area contributed by atoms with Crippen LogP contribution < -0.4 is 24.0 Å². The SMILES string of the molecule is CC.CC/C=C/c1ccccc1.Cc1ccccc1.N.N.NN. The number of allylic oxidation sites excluding steroid dienone is 1. The monoisotopic (exact) mass is 320 g/mol. The van der Waals surface area contributed by atoms with Crippen molar-refractivity contribution in [2.24, 2.45) is 11.7 Å². The van der Waals surface area contributed by atoms with Gasteiger partial charge in [0, 0.05) is 0 Å². The number of benzene rings is 2. The van der Waals surface area contributed by atoms with Gasteiger partial charge in [0.25, 0.3) is 0 Å². The normalized spacial score (nSPS) is 7.74. The molecule has 0 aliphatic rings. The van der Waals surface area contributed by atoms with Crippen molar-refractivity contribution in [3.8, 4) is 0 Å². The second kappa shape index (κ2) is 25.0. The van der Waals surface area contributed by atoms with Gasteiger partial charge in [-0.1, -0.05) is 99.2 Å². The summed E-state index contributed by atoms with van der Waals surface area (Å²) in [7, 11) is 0. The van der Waals surface area contributed by atoms with E-state index in [1.165, 1.54) is 11.1 Å². The van der Waals surface area contributed by atoms with Crippen LogP contribution >= 0.6 is 0 Å². The smallest absolute Gasteiger partial charge is 0.0260 e. The van der Waals surface area contributed by atoms with Gasteiger partial charge in [-0.05, 0) is 18.9 Å². The van der Waals surface area contributed by atoms with Crippen LogP contribution in [0.5, 0.6) is 0 Å². The standard InChI is InChI=1S/C10H12.C7H8.C2H6.H4N2.2H3N/c1-2-3-7-10-8-5-4-6-9-10;1-7-5-3-2-4-6-7;2*1-2;;/h3-9H,2H2,1H3;2-6H,1H3;1-2H3;1-2H2;2*1H3/b7-3+;;;;;. The number of rotatable bonds is 2. The zero-order valence-electron chi connectivity index (χ0n) is 15.2. The molecular weight excluding hydrogens is 284 g/mol. The van der Waals surface area contributed by atoms with Gasteiger partial charge in [0.15, 0.2) is 0 Å². The molecule has 0 unspecified atom stereocenters. The Kier molecular flexibility index (Phi) is 31.6. The van der Waals surface area contributed by atoms with E-state index < -0.39 is 0 Å². The summed E-state index contributed by atoms with van der Waals surface area (Å²) in [6.07, 6.45) is 5.41. The lowest BCUT2D eigenvalue weighted by Gasteiger charge is -1.88. The zero-order chi connectivity index (χ0) is 16.3. The van der Waals surface area contributed by atoms with Crippen LogP contribution in [-0.4, -0.2) is 0 Å². The molecule has 0 saturated heterocycles. The molecule has 0 aliphatic heterocycles. The Morgan fingerprint density at radius 1 is 0.783 bits per heavy atom. The van der Waals surface area contributed by atoms with E-state index in [2.05, 4.69) is 74.1 Å². The van der Waals surface area contributed by atoms with Crippen LogP contribution in [-0.2, 0) is 0 Å². The van der Waals surface area contributed by atoms with Gasteiger partial charge >= 0.3 is 0 Å². The van der Waals surface area contributed by atoms with Gasteiger partial charge in [-0.2, -0.15) is 0 Å². The average Bonchev–Trinajstić information content (AvgIpc) is 2.59. The molecule has 0 aromatic heterocycles. The highest BCUT2D eigenvalue weighted by Crippen LogP contribution is 2.00. The van der Waals surface area contributed by atoms with Gasteiger partial charge in [-0.3, -0.25) is 11.7 Å². The van der Waals surface area contributed by atoms with E-state index in [4.69, 9.17) is 0 Å². The molecule has 0 bridgehead atoms. The second-order valence-corrected chi connectivity index (χ2v) is 3.88. The van der Waals surface area contributed by atoms with Gasteiger partial charge in [0.2, 0.25) is 0 Å². The van der Waals surface area contributed by atoms with Gasteiger partial charge in [0.1, 0.15) is 0 Å². The quantitative estimate of drug-likeness (QED) is 0.444. The summed E-state index contributed by atoms with van der Waals surface area (Å²) in [4.78, 5) is 0. The first-order valence-electron chi connectivity index (χ1n) is 7.39. The Morgan fingerprint density at radius 2 is 1.17 bits per heavy atom. The van der Waals surface area contributed by atoms with Crippen LogP contribution in [0.15, 0.2) is 66.7 Å². The van der Waals surface area contributed by atoms with Crippen LogP contribution in [0.25, 0.3) is 6.08 Å². The molecular formula is C19H36N4. The molecule has 0 saturated carbocycles. The molecule has 0 atom stereocenters. The lowest BCUT2D eigenvalue weighted by Crippen LogP contribution is -2.02. The van der Waals surface area contributed by atoms with Crippen molar-refractivity contribution >= 4 is 6.08 Å². The van der Waals surface area contributed by atoms with E-state index >= 15 is 0 Å². The molecule has 2 aromatic rings. The molecule has 0 aliphatic carbocycles. The highest BCUT2D eigenvalue weighted by molar-refractivity contribution is 5.48. The van der Waals surface area contributed by atoms with Crippen LogP contribution in [0, 0.1) is 6.92 Å². The number of aryl methyl sites for hydroxylation is 1. The van der Waals surface area contributed by atoms with Crippen molar-refractivity contribution in [1.29, 1.82) is 0 Å².